The molecule has 1 aliphatic rings. The SMILES string of the molecule is Cc1nc(C(=O)N2CCN(Cc3cnn(-c4ccccc4)c3)CC2)cs1. The highest BCUT2D eigenvalue weighted by molar-refractivity contribution is 7.09. The summed E-state index contributed by atoms with van der Waals surface area (Å²) in [6, 6.07) is 10.1. The molecular formula is C19H21N5OS. The molecule has 0 spiro atoms. The molecule has 0 aliphatic carbocycles. The van der Waals surface area contributed by atoms with Crippen molar-refractivity contribution in [2.24, 2.45) is 0 Å². The van der Waals surface area contributed by atoms with Crippen LogP contribution in [0.2, 0.25) is 0 Å². The van der Waals surface area contributed by atoms with Crippen LogP contribution in [-0.2, 0) is 6.54 Å². The first-order valence-electron chi connectivity index (χ1n) is 8.72. The molecular weight excluding hydrogens is 346 g/mol. The van der Waals surface area contributed by atoms with Crippen LogP contribution in [0.25, 0.3) is 5.69 Å². The third-order valence-corrected chi connectivity index (χ3v) is 5.33. The molecule has 0 atom stereocenters. The summed E-state index contributed by atoms with van der Waals surface area (Å²) in [5.74, 6) is 0.0471. The molecule has 1 aromatic carbocycles. The van der Waals surface area contributed by atoms with Gasteiger partial charge in [0.2, 0.25) is 0 Å². The number of carbonyl (C=O) groups is 1. The van der Waals surface area contributed by atoms with Gasteiger partial charge >= 0.3 is 0 Å². The number of benzene rings is 1. The summed E-state index contributed by atoms with van der Waals surface area (Å²) in [6.45, 7) is 5.99. The zero-order valence-corrected chi connectivity index (χ0v) is 15.5. The summed E-state index contributed by atoms with van der Waals surface area (Å²) in [7, 11) is 0. The lowest BCUT2D eigenvalue weighted by Gasteiger charge is -2.34. The molecule has 3 heterocycles. The summed E-state index contributed by atoms with van der Waals surface area (Å²) < 4.78 is 1.90. The van der Waals surface area contributed by atoms with E-state index < -0.39 is 0 Å². The average Bonchev–Trinajstić information content (AvgIpc) is 3.32. The zero-order chi connectivity index (χ0) is 17.9. The Morgan fingerprint density at radius 3 is 2.62 bits per heavy atom. The van der Waals surface area contributed by atoms with Crippen molar-refractivity contribution in [2.45, 2.75) is 13.5 Å². The second-order valence-electron chi connectivity index (χ2n) is 6.45. The third kappa shape index (κ3) is 3.68. The molecule has 0 saturated carbocycles. The molecule has 1 fully saturated rings. The standard InChI is InChI=1S/C19H21N5OS/c1-15-21-18(14-26-15)19(25)23-9-7-22(8-10-23)12-16-11-20-24(13-16)17-5-3-2-4-6-17/h2-6,11,13-14H,7-10,12H2,1H3. The fraction of sp³-hybridized carbons (Fsp3) is 0.316. The number of amides is 1. The van der Waals surface area contributed by atoms with E-state index in [1.54, 1.807) is 0 Å². The molecule has 3 aromatic rings. The van der Waals surface area contributed by atoms with Crippen molar-refractivity contribution >= 4 is 17.2 Å². The van der Waals surface area contributed by atoms with Crippen molar-refractivity contribution in [3.8, 4) is 5.69 Å². The van der Waals surface area contributed by atoms with Crippen LogP contribution in [0, 0.1) is 6.92 Å². The third-order valence-electron chi connectivity index (χ3n) is 4.56. The Labute approximate surface area is 156 Å². The maximum atomic E-state index is 12.5. The van der Waals surface area contributed by atoms with Crippen molar-refractivity contribution < 1.29 is 4.79 Å². The van der Waals surface area contributed by atoms with Crippen molar-refractivity contribution in [1.82, 2.24) is 24.6 Å². The van der Waals surface area contributed by atoms with Gasteiger partial charge in [0.15, 0.2) is 0 Å². The molecule has 0 N–H and O–H groups in total. The molecule has 0 unspecified atom stereocenters. The Morgan fingerprint density at radius 1 is 1.15 bits per heavy atom. The van der Waals surface area contributed by atoms with Gasteiger partial charge in [-0.2, -0.15) is 5.10 Å². The number of hydrogen-bond donors (Lipinski definition) is 0. The molecule has 1 aliphatic heterocycles. The van der Waals surface area contributed by atoms with E-state index in [9.17, 15) is 4.79 Å². The molecule has 1 saturated heterocycles. The van der Waals surface area contributed by atoms with Gasteiger partial charge in [-0.3, -0.25) is 9.69 Å². The van der Waals surface area contributed by atoms with E-state index >= 15 is 0 Å². The van der Waals surface area contributed by atoms with Gasteiger partial charge in [-0.25, -0.2) is 9.67 Å². The molecule has 6 nitrogen and oxygen atoms in total. The first-order chi connectivity index (χ1) is 12.7. The van der Waals surface area contributed by atoms with Gasteiger partial charge in [0.1, 0.15) is 5.69 Å². The molecule has 26 heavy (non-hydrogen) atoms. The molecule has 7 heteroatoms. The van der Waals surface area contributed by atoms with Gasteiger partial charge in [-0.15, -0.1) is 11.3 Å². The second-order valence-corrected chi connectivity index (χ2v) is 7.51. The highest BCUT2D eigenvalue weighted by Gasteiger charge is 2.23. The van der Waals surface area contributed by atoms with Crippen molar-refractivity contribution in [3.05, 3.63) is 64.4 Å². The predicted octanol–water partition coefficient (Wildman–Crippen LogP) is 2.60. The Kier molecular flexibility index (Phi) is 4.81. The van der Waals surface area contributed by atoms with Gasteiger partial charge in [-0.1, -0.05) is 18.2 Å². The van der Waals surface area contributed by atoms with Crippen molar-refractivity contribution in [2.75, 3.05) is 26.2 Å². The molecule has 0 bridgehead atoms. The molecule has 4 rings (SSSR count). The Balaban J connectivity index is 1.33. The minimum absolute atomic E-state index is 0.0471. The van der Waals surface area contributed by atoms with Crippen LogP contribution in [0.4, 0.5) is 0 Å². The largest absolute Gasteiger partial charge is 0.335 e. The van der Waals surface area contributed by atoms with Gasteiger partial charge in [-0.05, 0) is 19.1 Å². The van der Waals surface area contributed by atoms with E-state index in [1.165, 1.54) is 16.9 Å². The zero-order valence-electron chi connectivity index (χ0n) is 14.7. The first kappa shape index (κ1) is 16.9. The highest BCUT2D eigenvalue weighted by Crippen LogP contribution is 2.14. The maximum Gasteiger partial charge on any atom is 0.273 e. The number of thiazole rings is 1. The van der Waals surface area contributed by atoms with Crippen LogP contribution < -0.4 is 0 Å². The summed E-state index contributed by atoms with van der Waals surface area (Å²) >= 11 is 1.52. The average molecular weight is 367 g/mol. The summed E-state index contributed by atoms with van der Waals surface area (Å²) in [5.41, 5.74) is 2.82. The molecule has 0 radical (unpaired) electrons. The van der Waals surface area contributed by atoms with Crippen LogP contribution in [0.15, 0.2) is 48.1 Å². The molecule has 1 amide bonds. The van der Waals surface area contributed by atoms with E-state index in [2.05, 4.69) is 21.2 Å². The molecule has 134 valence electrons. The lowest BCUT2D eigenvalue weighted by Crippen LogP contribution is -2.48. The monoisotopic (exact) mass is 367 g/mol. The maximum absolute atomic E-state index is 12.5. The Hall–Kier alpha value is -2.51. The lowest BCUT2D eigenvalue weighted by atomic mass is 10.2. The summed E-state index contributed by atoms with van der Waals surface area (Å²) in [5, 5.41) is 7.24. The highest BCUT2D eigenvalue weighted by atomic mass is 32.1. The number of piperazine rings is 1. The predicted molar refractivity (Wildman–Crippen MR) is 102 cm³/mol. The topological polar surface area (TPSA) is 54.3 Å². The van der Waals surface area contributed by atoms with Crippen LogP contribution in [0.5, 0.6) is 0 Å². The fourth-order valence-electron chi connectivity index (χ4n) is 3.15. The van der Waals surface area contributed by atoms with Crippen molar-refractivity contribution in [1.29, 1.82) is 0 Å². The Bertz CT molecular complexity index is 880. The fourth-order valence-corrected chi connectivity index (χ4v) is 3.74. The molecule has 2 aromatic heterocycles. The van der Waals surface area contributed by atoms with Crippen molar-refractivity contribution in [3.63, 3.8) is 0 Å². The smallest absolute Gasteiger partial charge is 0.273 e. The lowest BCUT2D eigenvalue weighted by molar-refractivity contribution is 0.0623. The van der Waals surface area contributed by atoms with Gasteiger partial charge in [0, 0.05) is 49.9 Å². The van der Waals surface area contributed by atoms with E-state index in [0.29, 0.717) is 5.69 Å². The van der Waals surface area contributed by atoms with E-state index in [0.717, 1.165) is 43.4 Å². The van der Waals surface area contributed by atoms with E-state index in [4.69, 9.17) is 0 Å². The first-order valence-corrected chi connectivity index (χ1v) is 9.60. The number of nitrogens with zero attached hydrogens (tertiary/aromatic N) is 5. The van der Waals surface area contributed by atoms with Crippen LogP contribution in [0.3, 0.4) is 0 Å². The quantitative estimate of drug-likeness (QED) is 0.711. The number of hydrogen-bond acceptors (Lipinski definition) is 5. The number of rotatable bonds is 4. The number of aromatic nitrogens is 3. The summed E-state index contributed by atoms with van der Waals surface area (Å²) in [6.07, 6.45) is 3.99. The number of para-hydroxylation sites is 1. The Morgan fingerprint density at radius 2 is 1.92 bits per heavy atom. The van der Waals surface area contributed by atoms with Gasteiger partial charge < -0.3 is 4.90 Å². The summed E-state index contributed by atoms with van der Waals surface area (Å²) in [4.78, 5) is 21.0. The van der Waals surface area contributed by atoms with Crippen LogP contribution in [-0.4, -0.2) is 56.7 Å². The number of carbonyl (C=O) groups excluding carboxylic acids is 1. The number of aryl methyl sites for hydroxylation is 1. The van der Waals surface area contributed by atoms with Gasteiger partial charge in [0.05, 0.1) is 16.9 Å². The minimum atomic E-state index is 0.0471. The second kappa shape index (κ2) is 7.39. The van der Waals surface area contributed by atoms with Crippen LogP contribution in [0.1, 0.15) is 21.1 Å². The van der Waals surface area contributed by atoms with E-state index in [1.807, 2.05) is 58.4 Å². The normalized spacial score (nSPS) is 15.3. The minimum Gasteiger partial charge on any atom is -0.335 e. The van der Waals surface area contributed by atoms with Crippen LogP contribution >= 0.6 is 11.3 Å². The van der Waals surface area contributed by atoms with E-state index in [-0.39, 0.29) is 5.91 Å². The van der Waals surface area contributed by atoms with Gasteiger partial charge in [0.25, 0.3) is 5.91 Å².